The third kappa shape index (κ3) is 5.78. The first kappa shape index (κ1) is 22.2. The fourth-order valence-corrected chi connectivity index (χ4v) is 5.20. The summed E-state index contributed by atoms with van der Waals surface area (Å²) in [5.74, 6) is 0.388. The Kier molecular flexibility index (Phi) is 7.67. The number of amides is 1. The fourth-order valence-electron chi connectivity index (χ4n) is 3.77. The van der Waals surface area contributed by atoms with Gasteiger partial charge in [-0.05, 0) is 42.9 Å². The van der Waals surface area contributed by atoms with Crippen LogP contribution in [0.15, 0.2) is 29.2 Å². The van der Waals surface area contributed by atoms with Crippen LogP contribution in [0.1, 0.15) is 44.6 Å². The molecule has 0 aliphatic carbocycles. The van der Waals surface area contributed by atoms with Crippen LogP contribution >= 0.6 is 0 Å². The van der Waals surface area contributed by atoms with Gasteiger partial charge < -0.3 is 10.1 Å². The molecule has 2 aliphatic heterocycles. The van der Waals surface area contributed by atoms with Crippen molar-refractivity contribution in [3.05, 3.63) is 29.8 Å². The van der Waals surface area contributed by atoms with E-state index in [0.29, 0.717) is 50.1 Å². The van der Waals surface area contributed by atoms with Crippen LogP contribution in [0, 0.1) is 0 Å². The van der Waals surface area contributed by atoms with Crippen LogP contribution in [0.5, 0.6) is 0 Å². The van der Waals surface area contributed by atoms with Gasteiger partial charge >= 0.3 is 0 Å². The van der Waals surface area contributed by atoms with E-state index in [1.165, 1.54) is 4.31 Å². The minimum absolute atomic E-state index is 0.0301. The summed E-state index contributed by atoms with van der Waals surface area (Å²) in [7, 11) is -3.49. The van der Waals surface area contributed by atoms with Crippen LogP contribution in [0.3, 0.4) is 0 Å². The topological polar surface area (TPSA) is 79.0 Å². The molecule has 1 amide bonds. The predicted octanol–water partition coefficient (Wildman–Crippen LogP) is 1.80. The molecular weight excluding hydrogens is 390 g/mol. The van der Waals surface area contributed by atoms with E-state index >= 15 is 0 Å². The number of hydrogen-bond donors (Lipinski definition) is 1. The maximum atomic E-state index is 12.9. The molecule has 2 aliphatic rings. The summed E-state index contributed by atoms with van der Waals surface area (Å²) >= 11 is 0. The molecule has 0 saturated carbocycles. The van der Waals surface area contributed by atoms with Crippen LogP contribution in [-0.4, -0.2) is 75.5 Å². The standard InChI is InChI=1S/C21H33N3O4S/c1-3-17(2)18-6-8-20(9-7-18)29(26,27)24-12-10-23(11-13-24)16-21(25)22-15-19-5-4-14-28-19/h6-9,17,19H,3-5,10-16H2,1-2H3,(H,22,25)/t17-,19-/m1/s1. The minimum Gasteiger partial charge on any atom is -0.376 e. The lowest BCUT2D eigenvalue weighted by Gasteiger charge is -2.33. The van der Waals surface area contributed by atoms with Crippen molar-refractivity contribution < 1.29 is 17.9 Å². The Balaban J connectivity index is 1.48. The highest BCUT2D eigenvalue weighted by molar-refractivity contribution is 7.89. The molecule has 7 nitrogen and oxygen atoms in total. The molecule has 1 aromatic rings. The first-order valence-corrected chi connectivity index (χ1v) is 12.0. The lowest BCUT2D eigenvalue weighted by atomic mass is 9.99. The van der Waals surface area contributed by atoms with Crippen molar-refractivity contribution >= 4 is 15.9 Å². The van der Waals surface area contributed by atoms with Crippen molar-refractivity contribution in [1.82, 2.24) is 14.5 Å². The van der Waals surface area contributed by atoms with E-state index in [9.17, 15) is 13.2 Å². The number of ether oxygens (including phenoxy) is 1. The average molecular weight is 424 g/mol. The summed E-state index contributed by atoms with van der Waals surface area (Å²) in [5, 5.41) is 2.92. The van der Waals surface area contributed by atoms with Gasteiger partial charge in [0.1, 0.15) is 0 Å². The van der Waals surface area contributed by atoms with Gasteiger partial charge in [0.2, 0.25) is 15.9 Å². The molecule has 0 radical (unpaired) electrons. The van der Waals surface area contributed by atoms with Gasteiger partial charge in [-0.15, -0.1) is 0 Å². The van der Waals surface area contributed by atoms with Gasteiger partial charge in [0, 0.05) is 39.3 Å². The van der Waals surface area contributed by atoms with E-state index < -0.39 is 10.0 Å². The van der Waals surface area contributed by atoms with E-state index in [0.717, 1.165) is 31.4 Å². The summed E-state index contributed by atoms with van der Waals surface area (Å²) in [4.78, 5) is 14.5. The Labute approximate surface area is 174 Å². The summed E-state index contributed by atoms with van der Waals surface area (Å²) in [6, 6.07) is 7.24. The minimum atomic E-state index is -3.49. The van der Waals surface area contributed by atoms with Crippen LogP contribution in [0.4, 0.5) is 0 Å². The smallest absolute Gasteiger partial charge is 0.243 e. The number of carbonyl (C=O) groups is 1. The highest BCUT2D eigenvalue weighted by atomic mass is 32.2. The van der Waals surface area contributed by atoms with Crippen molar-refractivity contribution in [2.75, 3.05) is 45.9 Å². The third-order valence-corrected chi connectivity index (χ3v) is 7.86. The largest absolute Gasteiger partial charge is 0.376 e. The number of piperazine rings is 1. The average Bonchev–Trinajstić information content (AvgIpc) is 3.26. The molecule has 0 bridgehead atoms. The summed E-state index contributed by atoms with van der Waals surface area (Å²) in [5.41, 5.74) is 1.16. The van der Waals surface area contributed by atoms with Crippen LogP contribution in [-0.2, 0) is 19.6 Å². The molecule has 2 saturated heterocycles. The molecule has 0 unspecified atom stereocenters. The van der Waals surface area contributed by atoms with Crippen LogP contribution < -0.4 is 5.32 Å². The van der Waals surface area contributed by atoms with Crippen molar-refractivity contribution in [2.24, 2.45) is 0 Å². The molecule has 29 heavy (non-hydrogen) atoms. The maximum Gasteiger partial charge on any atom is 0.243 e. The number of nitrogens with zero attached hydrogens (tertiary/aromatic N) is 2. The first-order valence-electron chi connectivity index (χ1n) is 10.6. The maximum absolute atomic E-state index is 12.9. The molecule has 0 spiro atoms. The number of sulfonamides is 1. The van der Waals surface area contributed by atoms with E-state index in [4.69, 9.17) is 4.74 Å². The number of rotatable bonds is 8. The van der Waals surface area contributed by atoms with Gasteiger partial charge in [0.15, 0.2) is 0 Å². The highest BCUT2D eigenvalue weighted by Crippen LogP contribution is 2.23. The molecule has 3 rings (SSSR count). The van der Waals surface area contributed by atoms with Gasteiger partial charge in [-0.2, -0.15) is 4.31 Å². The van der Waals surface area contributed by atoms with E-state index in [1.807, 2.05) is 17.0 Å². The first-order chi connectivity index (χ1) is 13.9. The molecular formula is C21H33N3O4S. The number of nitrogens with one attached hydrogen (secondary N) is 1. The third-order valence-electron chi connectivity index (χ3n) is 5.95. The van der Waals surface area contributed by atoms with Crippen molar-refractivity contribution in [1.29, 1.82) is 0 Å². The quantitative estimate of drug-likeness (QED) is 0.690. The van der Waals surface area contributed by atoms with Gasteiger partial charge in [-0.1, -0.05) is 26.0 Å². The van der Waals surface area contributed by atoms with E-state index in [-0.39, 0.29) is 12.0 Å². The van der Waals surface area contributed by atoms with Gasteiger partial charge in [-0.3, -0.25) is 9.69 Å². The van der Waals surface area contributed by atoms with Gasteiger partial charge in [-0.25, -0.2) is 8.42 Å². The second kappa shape index (κ2) is 10.0. The molecule has 0 aromatic heterocycles. The molecule has 2 heterocycles. The number of hydrogen-bond acceptors (Lipinski definition) is 5. The fraction of sp³-hybridized carbons (Fsp3) is 0.667. The van der Waals surface area contributed by atoms with E-state index in [2.05, 4.69) is 19.2 Å². The second-order valence-corrected chi connectivity index (χ2v) is 9.94. The Morgan fingerprint density at radius 2 is 1.90 bits per heavy atom. The van der Waals surface area contributed by atoms with Crippen molar-refractivity contribution in [2.45, 2.75) is 50.0 Å². The van der Waals surface area contributed by atoms with Gasteiger partial charge in [0.25, 0.3) is 0 Å². The molecule has 1 N–H and O–H groups in total. The number of carbonyl (C=O) groups excluding carboxylic acids is 1. The Bertz CT molecular complexity index is 768. The predicted molar refractivity (Wildman–Crippen MR) is 112 cm³/mol. The zero-order valence-corrected chi connectivity index (χ0v) is 18.3. The number of benzene rings is 1. The molecule has 2 atom stereocenters. The zero-order chi connectivity index (χ0) is 20.9. The van der Waals surface area contributed by atoms with Crippen molar-refractivity contribution in [3.63, 3.8) is 0 Å². The summed E-state index contributed by atoms with van der Waals surface area (Å²) < 4.78 is 32.9. The molecule has 162 valence electrons. The zero-order valence-electron chi connectivity index (χ0n) is 17.5. The van der Waals surface area contributed by atoms with E-state index in [1.54, 1.807) is 12.1 Å². The second-order valence-electron chi connectivity index (χ2n) is 8.00. The monoisotopic (exact) mass is 423 g/mol. The normalized spacial score (nSPS) is 22.5. The van der Waals surface area contributed by atoms with Gasteiger partial charge in [0.05, 0.1) is 17.5 Å². The molecule has 2 fully saturated rings. The van der Waals surface area contributed by atoms with Crippen LogP contribution in [0.2, 0.25) is 0 Å². The lowest BCUT2D eigenvalue weighted by molar-refractivity contribution is -0.123. The SMILES string of the molecule is CC[C@@H](C)c1ccc(S(=O)(=O)N2CCN(CC(=O)NC[C@H]3CCCO3)CC2)cc1. The highest BCUT2D eigenvalue weighted by Gasteiger charge is 2.29. The van der Waals surface area contributed by atoms with Crippen LogP contribution in [0.25, 0.3) is 0 Å². The molecule has 1 aromatic carbocycles. The van der Waals surface area contributed by atoms with Crippen molar-refractivity contribution in [3.8, 4) is 0 Å². The Morgan fingerprint density at radius 1 is 1.21 bits per heavy atom. The Morgan fingerprint density at radius 3 is 2.48 bits per heavy atom. The molecule has 8 heteroatoms. The summed E-state index contributed by atoms with van der Waals surface area (Å²) in [6.07, 6.45) is 3.20. The summed E-state index contributed by atoms with van der Waals surface area (Å²) in [6.45, 7) is 7.79. The Hall–Kier alpha value is -1.48. The lowest BCUT2D eigenvalue weighted by Crippen LogP contribution is -2.51.